The largest absolute Gasteiger partial charge is 0.506 e. The number of hydrogen-bond acceptors (Lipinski definition) is 5. The van der Waals surface area contributed by atoms with Crippen LogP contribution >= 0.6 is 0 Å². The molecule has 2 aromatic carbocycles. The number of nitrogen functional groups attached to an aromatic ring is 2. The summed E-state index contributed by atoms with van der Waals surface area (Å²) in [6.45, 7) is 0. The summed E-state index contributed by atoms with van der Waals surface area (Å²) < 4.78 is 12.2. The average molecular weight is 264 g/mol. The maximum Gasteiger partial charge on any atom is 0.139 e. The smallest absolute Gasteiger partial charge is 0.139 e. The van der Waals surface area contributed by atoms with E-state index in [9.17, 15) is 14.4 Å². The van der Waals surface area contributed by atoms with Gasteiger partial charge >= 0.3 is 0 Å². The molecule has 0 fully saturated rings. The van der Waals surface area contributed by atoms with Crippen molar-refractivity contribution in [2.24, 2.45) is 0 Å². The zero-order chi connectivity index (χ0) is 13.3. The maximum atomic E-state index is 12.2. The molecule has 0 unspecified atom stereocenters. The molecular weight excluding hydrogens is 252 g/mol. The van der Waals surface area contributed by atoms with Crippen LogP contribution in [0.4, 0.5) is 11.4 Å². The van der Waals surface area contributed by atoms with E-state index in [4.69, 9.17) is 11.5 Å². The minimum Gasteiger partial charge on any atom is -0.506 e. The predicted molar refractivity (Wildman–Crippen MR) is 69.7 cm³/mol. The highest BCUT2D eigenvalue weighted by Crippen LogP contribution is 2.28. The maximum absolute atomic E-state index is 12.2. The Hall–Kier alpha value is -2.21. The minimum absolute atomic E-state index is 0.125. The summed E-state index contributed by atoms with van der Waals surface area (Å²) in [5.41, 5.74) is 11.4. The second kappa shape index (κ2) is 4.58. The van der Waals surface area contributed by atoms with Gasteiger partial charge in [-0.2, -0.15) is 0 Å². The lowest BCUT2D eigenvalue weighted by atomic mass is 10.3. The van der Waals surface area contributed by atoms with Crippen LogP contribution in [-0.2, 0) is 10.8 Å². The van der Waals surface area contributed by atoms with E-state index in [1.165, 1.54) is 24.3 Å². The molecule has 0 bridgehead atoms. The number of aromatic hydroxyl groups is 2. The molecule has 0 heterocycles. The van der Waals surface area contributed by atoms with Gasteiger partial charge < -0.3 is 21.7 Å². The first kappa shape index (κ1) is 12.3. The molecule has 0 radical (unpaired) electrons. The van der Waals surface area contributed by atoms with Gasteiger partial charge in [-0.15, -0.1) is 0 Å². The van der Waals surface area contributed by atoms with Gasteiger partial charge in [0.1, 0.15) is 11.5 Å². The Morgan fingerprint density at radius 1 is 0.833 bits per heavy atom. The van der Waals surface area contributed by atoms with E-state index in [-0.39, 0.29) is 22.9 Å². The average Bonchev–Trinajstić information content (AvgIpc) is 2.35. The molecule has 0 amide bonds. The van der Waals surface area contributed by atoms with Gasteiger partial charge in [0.25, 0.3) is 0 Å². The molecule has 0 aromatic heterocycles. The van der Waals surface area contributed by atoms with Crippen molar-refractivity contribution < 1.29 is 14.4 Å². The number of hydrogen-bond donors (Lipinski definition) is 4. The minimum atomic E-state index is -1.52. The van der Waals surface area contributed by atoms with Gasteiger partial charge in [0.05, 0.1) is 22.2 Å². The molecule has 0 saturated heterocycles. The van der Waals surface area contributed by atoms with Crippen LogP contribution in [0.25, 0.3) is 0 Å². The van der Waals surface area contributed by atoms with Crippen LogP contribution in [0.15, 0.2) is 46.2 Å². The molecule has 0 aliphatic carbocycles. The quantitative estimate of drug-likeness (QED) is 0.484. The van der Waals surface area contributed by atoms with Crippen molar-refractivity contribution in [3.63, 3.8) is 0 Å². The lowest BCUT2D eigenvalue weighted by Crippen LogP contribution is -1.95. The molecule has 0 aliphatic rings. The summed E-state index contributed by atoms with van der Waals surface area (Å²) in [7, 11) is -1.52. The normalized spacial score (nSPS) is 10.7. The third kappa shape index (κ3) is 2.23. The van der Waals surface area contributed by atoms with Crippen molar-refractivity contribution in [1.82, 2.24) is 0 Å². The van der Waals surface area contributed by atoms with Crippen LogP contribution in [0.1, 0.15) is 0 Å². The van der Waals surface area contributed by atoms with Crippen molar-refractivity contribution in [3.8, 4) is 11.5 Å². The van der Waals surface area contributed by atoms with E-state index >= 15 is 0 Å². The Kier molecular flexibility index (Phi) is 3.12. The molecule has 0 aliphatic heterocycles. The van der Waals surface area contributed by atoms with Crippen LogP contribution in [0.2, 0.25) is 0 Å². The number of benzene rings is 2. The number of phenols is 2. The van der Waals surface area contributed by atoms with E-state index in [1.54, 1.807) is 12.1 Å². The van der Waals surface area contributed by atoms with Crippen molar-refractivity contribution in [2.45, 2.75) is 9.79 Å². The first-order chi connectivity index (χ1) is 8.49. The molecule has 6 heteroatoms. The Morgan fingerprint density at radius 2 is 1.22 bits per heavy atom. The van der Waals surface area contributed by atoms with E-state index in [0.717, 1.165) is 0 Å². The summed E-state index contributed by atoms with van der Waals surface area (Å²) >= 11 is 0. The molecule has 6 N–H and O–H groups in total. The second-order valence-electron chi connectivity index (χ2n) is 3.71. The molecule has 0 atom stereocenters. The SMILES string of the molecule is Nc1ccc(S(=O)c2ccc(N)c(O)c2)cc1O. The van der Waals surface area contributed by atoms with Crippen LogP contribution < -0.4 is 11.5 Å². The van der Waals surface area contributed by atoms with Crippen LogP contribution in [0, 0.1) is 0 Å². The first-order valence-corrected chi connectivity index (χ1v) is 6.23. The monoisotopic (exact) mass is 264 g/mol. The first-order valence-electron chi connectivity index (χ1n) is 5.08. The Morgan fingerprint density at radius 3 is 1.56 bits per heavy atom. The highest BCUT2D eigenvalue weighted by atomic mass is 32.2. The molecule has 18 heavy (non-hydrogen) atoms. The number of rotatable bonds is 2. The molecule has 0 spiro atoms. The second-order valence-corrected chi connectivity index (χ2v) is 5.19. The third-order valence-electron chi connectivity index (χ3n) is 2.43. The van der Waals surface area contributed by atoms with Crippen molar-refractivity contribution in [2.75, 3.05) is 11.5 Å². The molecule has 2 rings (SSSR count). The highest BCUT2D eigenvalue weighted by Gasteiger charge is 2.11. The molecule has 0 saturated carbocycles. The fraction of sp³-hybridized carbons (Fsp3) is 0. The summed E-state index contributed by atoms with van der Waals surface area (Å²) in [5, 5.41) is 18.9. The van der Waals surface area contributed by atoms with Crippen molar-refractivity contribution >= 4 is 22.2 Å². The standard InChI is InChI=1S/C12H12N2O3S/c13-9-3-1-7(5-11(9)15)18(17)8-2-4-10(14)12(16)6-8/h1-6,15-16H,13-14H2. The topological polar surface area (TPSA) is 110 Å². The summed E-state index contributed by atoms with van der Waals surface area (Å²) in [4.78, 5) is 0.789. The molecule has 5 nitrogen and oxygen atoms in total. The number of nitrogens with two attached hydrogens (primary N) is 2. The summed E-state index contributed by atoms with van der Waals surface area (Å²) in [6, 6.07) is 8.72. The predicted octanol–water partition coefficient (Wildman–Crippen LogP) is 1.43. The summed E-state index contributed by atoms with van der Waals surface area (Å²) in [6.07, 6.45) is 0. The van der Waals surface area contributed by atoms with E-state index < -0.39 is 10.8 Å². The lowest BCUT2D eigenvalue weighted by molar-refractivity contribution is 0.476. The number of anilines is 2. The summed E-state index contributed by atoms with van der Waals surface area (Å²) in [5.74, 6) is -0.249. The zero-order valence-corrected chi connectivity index (χ0v) is 10.1. The van der Waals surface area contributed by atoms with Crippen LogP contribution in [0.3, 0.4) is 0 Å². The van der Waals surface area contributed by atoms with Crippen molar-refractivity contribution in [1.29, 1.82) is 0 Å². The number of phenolic OH excluding ortho intramolecular Hbond substituents is 2. The van der Waals surface area contributed by atoms with Gasteiger partial charge in [-0.1, -0.05) is 0 Å². The van der Waals surface area contributed by atoms with Gasteiger partial charge in [0.15, 0.2) is 0 Å². The van der Waals surface area contributed by atoms with Gasteiger partial charge in [-0.3, -0.25) is 0 Å². The van der Waals surface area contributed by atoms with Crippen molar-refractivity contribution in [3.05, 3.63) is 36.4 Å². The van der Waals surface area contributed by atoms with E-state index in [0.29, 0.717) is 9.79 Å². The lowest BCUT2D eigenvalue weighted by Gasteiger charge is -2.06. The Labute approximate surface area is 106 Å². The van der Waals surface area contributed by atoms with Gasteiger partial charge in [-0.25, -0.2) is 4.21 Å². The third-order valence-corrected chi connectivity index (χ3v) is 3.80. The van der Waals surface area contributed by atoms with Gasteiger partial charge in [0, 0.05) is 9.79 Å². The highest BCUT2D eigenvalue weighted by molar-refractivity contribution is 7.85. The van der Waals surface area contributed by atoms with E-state index in [2.05, 4.69) is 0 Å². The zero-order valence-electron chi connectivity index (χ0n) is 9.33. The fourth-order valence-electron chi connectivity index (χ4n) is 1.41. The Balaban J connectivity index is 2.41. The fourth-order valence-corrected chi connectivity index (χ4v) is 2.51. The molecule has 2 aromatic rings. The molecular formula is C12H12N2O3S. The Bertz CT molecular complexity index is 575. The van der Waals surface area contributed by atoms with Crippen LogP contribution in [0.5, 0.6) is 11.5 Å². The molecule has 94 valence electrons. The van der Waals surface area contributed by atoms with E-state index in [1.807, 2.05) is 0 Å². The van der Waals surface area contributed by atoms with Gasteiger partial charge in [-0.05, 0) is 36.4 Å². The van der Waals surface area contributed by atoms with Crippen LogP contribution in [-0.4, -0.2) is 14.4 Å². The van der Waals surface area contributed by atoms with Gasteiger partial charge in [0.2, 0.25) is 0 Å².